The number of amides is 3. The van der Waals surface area contributed by atoms with Crippen molar-refractivity contribution >= 4 is 75.9 Å². The molecule has 0 radical (unpaired) electrons. The average molecular weight is 586 g/mol. The number of carbonyl (C=O) groups excluding carboxylic acids is 3. The molecule has 17 nitrogen and oxygen atoms in total. The van der Waals surface area contributed by atoms with E-state index in [0.29, 0.717) is 6.41 Å². The van der Waals surface area contributed by atoms with Crippen LogP contribution in [0, 0.1) is 5.41 Å². The van der Waals surface area contributed by atoms with E-state index in [1.165, 1.54) is 29.2 Å². The standard InChI is InChI=1S/C18H19N9O8S3/c1-35-23-10(8-3-36-16(20-8)19-7-28)12(31)21-11-13(32)26-4-18(15(33)34,5-37-14(11)26)6-38-17-22-24-25-27(17)2-9(29)30/h3,7,11,14H,2,4-6H2,1H3,(H,21,31)(H,29,30)(H,33,34)(H,19,20,28)/t11?,14-,18?/m1/s1. The summed E-state index contributed by atoms with van der Waals surface area (Å²) in [4.78, 5) is 69.9. The minimum Gasteiger partial charge on any atom is -0.481 e. The van der Waals surface area contributed by atoms with Gasteiger partial charge in [0.15, 0.2) is 10.8 Å². The van der Waals surface area contributed by atoms with Gasteiger partial charge in [0.1, 0.15) is 36.2 Å². The summed E-state index contributed by atoms with van der Waals surface area (Å²) in [6, 6.07) is -0.928. The number of aliphatic carboxylic acids is 2. The number of oxime groups is 1. The number of β-lactam (4-membered cyclic amide) rings is 1. The highest BCUT2D eigenvalue weighted by Gasteiger charge is 2.57. The van der Waals surface area contributed by atoms with E-state index in [9.17, 15) is 29.1 Å². The Morgan fingerprint density at radius 3 is 2.87 bits per heavy atom. The number of carboxylic acid groups (broad SMARTS) is 2. The normalized spacial score (nSPS) is 22.7. The molecule has 3 amide bonds. The van der Waals surface area contributed by atoms with Crippen molar-refractivity contribution in [2.45, 2.75) is 23.1 Å². The molecule has 4 heterocycles. The van der Waals surface area contributed by atoms with Crippen LogP contribution in [-0.2, 0) is 35.4 Å². The van der Waals surface area contributed by atoms with Gasteiger partial charge in [-0.2, -0.15) is 0 Å². The number of carbonyl (C=O) groups is 5. The number of anilines is 1. The summed E-state index contributed by atoms with van der Waals surface area (Å²) in [5.41, 5.74) is -1.43. The smallest absolute Gasteiger partial charge is 0.325 e. The Hall–Kier alpha value is -3.78. The average Bonchev–Trinajstić information content (AvgIpc) is 3.53. The highest BCUT2D eigenvalue weighted by atomic mass is 32.2. The van der Waals surface area contributed by atoms with Crippen LogP contribution < -0.4 is 10.6 Å². The Morgan fingerprint density at radius 1 is 1.39 bits per heavy atom. The Morgan fingerprint density at radius 2 is 2.18 bits per heavy atom. The van der Waals surface area contributed by atoms with E-state index in [2.05, 4.69) is 36.3 Å². The zero-order valence-electron chi connectivity index (χ0n) is 19.3. The number of hydrogen-bond donors (Lipinski definition) is 4. The molecule has 20 heteroatoms. The number of carboxylic acids is 2. The molecule has 4 N–H and O–H groups in total. The Bertz CT molecular complexity index is 1300. The van der Waals surface area contributed by atoms with Crippen LogP contribution >= 0.6 is 34.9 Å². The van der Waals surface area contributed by atoms with Crippen LogP contribution in [-0.4, -0.2) is 113 Å². The van der Waals surface area contributed by atoms with Crippen molar-refractivity contribution in [2.75, 3.05) is 30.5 Å². The predicted octanol–water partition coefficient (Wildman–Crippen LogP) is -1.60. The summed E-state index contributed by atoms with van der Waals surface area (Å²) in [5.74, 6) is -3.40. The van der Waals surface area contributed by atoms with E-state index >= 15 is 0 Å². The summed E-state index contributed by atoms with van der Waals surface area (Å²) < 4.78 is 1.04. The number of nitrogens with one attached hydrogen (secondary N) is 2. The van der Waals surface area contributed by atoms with Crippen molar-refractivity contribution in [3.8, 4) is 0 Å². The van der Waals surface area contributed by atoms with Crippen LogP contribution in [0.3, 0.4) is 0 Å². The molecule has 2 fully saturated rings. The number of fused-ring (bicyclic) bond motifs is 1. The molecular weight excluding hydrogens is 566 g/mol. The van der Waals surface area contributed by atoms with Crippen LogP contribution in [0.4, 0.5) is 5.13 Å². The van der Waals surface area contributed by atoms with Gasteiger partial charge in [0.2, 0.25) is 17.5 Å². The minimum atomic E-state index is -1.36. The lowest BCUT2D eigenvalue weighted by Crippen LogP contribution is -2.74. The lowest BCUT2D eigenvalue weighted by atomic mass is 9.89. The fraction of sp³-hybridized carbons (Fsp3) is 0.444. The number of tetrazole rings is 1. The van der Waals surface area contributed by atoms with Crippen LogP contribution in [0.2, 0.25) is 0 Å². The molecule has 2 aliphatic rings. The Kier molecular flexibility index (Phi) is 8.11. The van der Waals surface area contributed by atoms with Crippen molar-refractivity contribution in [1.82, 2.24) is 35.4 Å². The van der Waals surface area contributed by atoms with Crippen molar-refractivity contribution in [3.63, 3.8) is 0 Å². The molecule has 2 aliphatic heterocycles. The predicted molar refractivity (Wildman–Crippen MR) is 131 cm³/mol. The molecule has 2 aromatic rings. The topological polar surface area (TPSA) is 231 Å². The van der Waals surface area contributed by atoms with E-state index in [-0.39, 0.29) is 39.7 Å². The highest BCUT2D eigenvalue weighted by molar-refractivity contribution is 8.00. The van der Waals surface area contributed by atoms with Gasteiger partial charge < -0.3 is 30.6 Å². The van der Waals surface area contributed by atoms with E-state index in [1.807, 2.05) is 0 Å². The van der Waals surface area contributed by atoms with Gasteiger partial charge in [0, 0.05) is 23.4 Å². The molecule has 38 heavy (non-hydrogen) atoms. The maximum Gasteiger partial charge on any atom is 0.325 e. The van der Waals surface area contributed by atoms with Gasteiger partial charge in [-0.05, 0) is 10.4 Å². The Balaban J connectivity index is 1.42. The maximum absolute atomic E-state index is 12.9. The third-order valence-corrected chi connectivity index (χ3v) is 9.08. The van der Waals surface area contributed by atoms with Gasteiger partial charge in [0.25, 0.3) is 5.91 Å². The molecule has 3 atom stereocenters. The fourth-order valence-electron chi connectivity index (χ4n) is 3.64. The van der Waals surface area contributed by atoms with Gasteiger partial charge in [0.05, 0.1) is 0 Å². The van der Waals surface area contributed by atoms with E-state index in [0.717, 1.165) is 27.8 Å². The number of hydrogen-bond acceptors (Lipinski definition) is 14. The molecule has 0 aromatic carbocycles. The molecule has 0 saturated carbocycles. The number of aromatic nitrogens is 5. The van der Waals surface area contributed by atoms with Crippen molar-refractivity contribution in [2.24, 2.45) is 10.6 Å². The molecule has 0 spiro atoms. The molecule has 0 bridgehead atoms. The first-order valence-electron chi connectivity index (χ1n) is 10.5. The quantitative estimate of drug-likeness (QED) is 0.0722. The first-order chi connectivity index (χ1) is 18.2. The lowest BCUT2D eigenvalue weighted by Gasteiger charge is -2.53. The zero-order chi connectivity index (χ0) is 27.4. The molecule has 2 saturated heterocycles. The highest BCUT2D eigenvalue weighted by Crippen LogP contribution is 2.44. The largest absolute Gasteiger partial charge is 0.481 e. The third-order valence-electron chi connectivity index (χ3n) is 5.47. The first-order valence-corrected chi connectivity index (χ1v) is 13.4. The van der Waals surface area contributed by atoms with Crippen molar-refractivity contribution in [3.05, 3.63) is 11.1 Å². The van der Waals surface area contributed by atoms with E-state index in [4.69, 9.17) is 9.94 Å². The number of rotatable bonds is 12. The van der Waals surface area contributed by atoms with Gasteiger partial charge in [-0.1, -0.05) is 16.9 Å². The molecule has 4 rings (SSSR count). The monoisotopic (exact) mass is 585 g/mol. The van der Waals surface area contributed by atoms with Crippen LogP contribution in [0.25, 0.3) is 0 Å². The van der Waals surface area contributed by atoms with Crippen LogP contribution in [0.15, 0.2) is 15.7 Å². The summed E-state index contributed by atoms with van der Waals surface area (Å²) in [6.45, 7) is -0.604. The summed E-state index contributed by atoms with van der Waals surface area (Å²) in [6.07, 6.45) is 0.436. The number of thiazole rings is 1. The van der Waals surface area contributed by atoms with Gasteiger partial charge in [-0.15, -0.1) is 28.2 Å². The van der Waals surface area contributed by atoms with Gasteiger partial charge in [-0.3, -0.25) is 24.0 Å². The maximum atomic E-state index is 12.9. The number of thioether (sulfide) groups is 2. The van der Waals surface area contributed by atoms with Crippen molar-refractivity contribution in [1.29, 1.82) is 0 Å². The SMILES string of the molecule is CON=C(C(=O)NC1C(=O)N2CC(CSc3nnnn3CC(=O)O)(C(=O)O)CS[C@H]12)c1csc(NC=O)n1. The van der Waals surface area contributed by atoms with Crippen LogP contribution in [0.1, 0.15) is 5.69 Å². The molecule has 2 unspecified atom stereocenters. The zero-order valence-corrected chi connectivity index (χ0v) is 21.8. The van der Waals surface area contributed by atoms with Gasteiger partial charge in [-0.25, -0.2) is 9.67 Å². The van der Waals surface area contributed by atoms with E-state index < -0.39 is 47.1 Å². The van der Waals surface area contributed by atoms with Crippen molar-refractivity contribution < 1.29 is 39.0 Å². The summed E-state index contributed by atoms with van der Waals surface area (Å²) in [7, 11) is 1.24. The molecule has 0 aliphatic carbocycles. The van der Waals surface area contributed by atoms with E-state index in [1.54, 1.807) is 0 Å². The third kappa shape index (κ3) is 5.41. The second-order valence-electron chi connectivity index (χ2n) is 7.93. The lowest BCUT2D eigenvalue weighted by molar-refractivity contribution is -0.157. The minimum absolute atomic E-state index is 0.0194. The molecular formula is C18H19N9O8S3. The summed E-state index contributed by atoms with van der Waals surface area (Å²) in [5, 5.41) is 39.8. The fourth-order valence-corrected chi connectivity index (χ4v) is 7.03. The van der Waals surface area contributed by atoms with Gasteiger partial charge >= 0.3 is 11.9 Å². The first kappa shape index (κ1) is 27.3. The van der Waals surface area contributed by atoms with Crippen LogP contribution in [0.5, 0.6) is 0 Å². The second kappa shape index (κ2) is 11.3. The summed E-state index contributed by atoms with van der Waals surface area (Å²) >= 11 is 3.24. The molecule has 2 aromatic heterocycles. The number of nitrogens with zero attached hydrogens (tertiary/aromatic N) is 7. The molecule has 202 valence electrons. The Labute approximate surface area is 225 Å². The second-order valence-corrected chi connectivity index (χ2v) is 10.8.